The van der Waals surface area contributed by atoms with Crippen molar-refractivity contribution in [3.63, 3.8) is 0 Å². The molecule has 94 valence electrons. The van der Waals surface area contributed by atoms with E-state index in [-0.39, 0.29) is 5.91 Å². The predicted octanol–water partition coefficient (Wildman–Crippen LogP) is 1.93. The summed E-state index contributed by atoms with van der Waals surface area (Å²) in [6.07, 6.45) is 3.22. The molecule has 18 heavy (non-hydrogen) atoms. The highest BCUT2D eigenvalue weighted by atomic mass is 35.5. The van der Waals surface area contributed by atoms with Gasteiger partial charge in [0.05, 0.1) is 17.7 Å². The molecular formula is C12H13ClN4O. The fourth-order valence-electron chi connectivity index (χ4n) is 1.61. The van der Waals surface area contributed by atoms with Crippen LogP contribution in [0.25, 0.3) is 0 Å². The van der Waals surface area contributed by atoms with Crippen LogP contribution in [0.4, 0.5) is 11.4 Å². The molecule has 0 unspecified atom stereocenters. The third-order valence-corrected chi connectivity index (χ3v) is 2.82. The number of nitrogen functional groups attached to an aromatic ring is 1. The molecule has 0 saturated carbocycles. The summed E-state index contributed by atoms with van der Waals surface area (Å²) >= 11 is 5.90. The first-order valence-corrected chi connectivity index (χ1v) is 5.68. The highest BCUT2D eigenvalue weighted by Gasteiger charge is 2.17. The monoisotopic (exact) mass is 264 g/mol. The minimum atomic E-state index is -0.232. The van der Waals surface area contributed by atoms with Crippen molar-refractivity contribution in [2.45, 2.75) is 0 Å². The van der Waals surface area contributed by atoms with Crippen molar-refractivity contribution in [1.29, 1.82) is 0 Å². The maximum absolute atomic E-state index is 12.2. The van der Waals surface area contributed by atoms with Crippen LogP contribution in [-0.2, 0) is 7.05 Å². The Balaban J connectivity index is 2.33. The van der Waals surface area contributed by atoms with Crippen molar-refractivity contribution >= 4 is 28.9 Å². The Morgan fingerprint density at radius 2 is 2.22 bits per heavy atom. The van der Waals surface area contributed by atoms with Crippen molar-refractivity contribution < 1.29 is 4.79 Å². The van der Waals surface area contributed by atoms with E-state index in [1.807, 2.05) is 0 Å². The lowest BCUT2D eigenvalue weighted by Gasteiger charge is -2.18. The van der Waals surface area contributed by atoms with Crippen LogP contribution in [0.1, 0.15) is 10.5 Å². The third kappa shape index (κ3) is 2.31. The number of carbonyl (C=O) groups is 1. The van der Waals surface area contributed by atoms with Crippen LogP contribution < -0.4 is 10.6 Å². The van der Waals surface area contributed by atoms with E-state index in [1.54, 1.807) is 49.4 Å². The lowest BCUT2D eigenvalue weighted by molar-refractivity contribution is 0.0988. The number of imidazole rings is 1. The van der Waals surface area contributed by atoms with Crippen molar-refractivity contribution in [2.24, 2.45) is 7.05 Å². The third-order valence-electron chi connectivity index (χ3n) is 2.58. The van der Waals surface area contributed by atoms with E-state index in [0.29, 0.717) is 22.1 Å². The van der Waals surface area contributed by atoms with Crippen molar-refractivity contribution in [3.05, 3.63) is 41.4 Å². The van der Waals surface area contributed by atoms with E-state index >= 15 is 0 Å². The van der Waals surface area contributed by atoms with Gasteiger partial charge < -0.3 is 15.2 Å². The second kappa shape index (κ2) is 4.70. The topological polar surface area (TPSA) is 64.2 Å². The number of rotatable bonds is 2. The Morgan fingerprint density at radius 1 is 1.50 bits per heavy atom. The van der Waals surface area contributed by atoms with Crippen LogP contribution in [0.2, 0.25) is 5.02 Å². The summed E-state index contributed by atoms with van der Waals surface area (Å²) in [5.41, 5.74) is 7.25. The molecule has 0 atom stereocenters. The van der Waals surface area contributed by atoms with E-state index in [1.165, 1.54) is 4.90 Å². The number of hydrogen-bond donors (Lipinski definition) is 1. The molecule has 0 aliphatic heterocycles. The van der Waals surface area contributed by atoms with Gasteiger partial charge in [-0.1, -0.05) is 11.6 Å². The number of anilines is 2. The Bertz CT molecular complexity index is 594. The maximum Gasteiger partial charge on any atom is 0.278 e. The summed E-state index contributed by atoms with van der Waals surface area (Å²) in [4.78, 5) is 17.6. The van der Waals surface area contributed by atoms with Crippen molar-refractivity contribution in [2.75, 3.05) is 17.7 Å². The Morgan fingerprint density at radius 3 is 2.83 bits per heavy atom. The molecule has 0 aliphatic rings. The number of amides is 1. The van der Waals surface area contributed by atoms with Gasteiger partial charge in [-0.25, -0.2) is 4.98 Å². The molecule has 1 heterocycles. The molecule has 0 fully saturated rings. The molecule has 1 aromatic carbocycles. The van der Waals surface area contributed by atoms with Gasteiger partial charge in [0, 0.05) is 25.3 Å². The Labute approximate surface area is 110 Å². The summed E-state index contributed by atoms with van der Waals surface area (Å²) in [5.74, 6) is -0.232. The highest BCUT2D eigenvalue weighted by Crippen LogP contribution is 2.26. The number of carbonyl (C=O) groups excluding carboxylic acids is 1. The molecule has 0 bridgehead atoms. The van der Waals surface area contributed by atoms with Crippen molar-refractivity contribution in [1.82, 2.24) is 9.55 Å². The van der Waals surface area contributed by atoms with Gasteiger partial charge in [0.2, 0.25) is 0 Å². The van der Waals surface area contributed by atoms with E-state index in [2.05, 4.69) is 4.98 Å². The summed E-state index contributed by atoms with van der Waals surface area (Å²) in [7, 11) is 3.44. The zero-order valence-corrected chi connectivity index (χ0v) is 10.8. The molecule has 1 amide bonds. The van der Waals surface area contributed by atoms with Gasteiger partial charge in [0.15, 0.2) is 0 Å². The van der Waals surface area contributed by atoms with Gasteiger partial charge in [-0.2, -0.15) is 0 Å². The lowest BCUT2D eigenvalue weighted by Crippen LogP contribution is -2.27. The summed E-state index contributed by atoms with van der Waals surface area (Å²) < 4.78 is 1.71. The average Bonchev–Trinajstić information content (AvgIpc) is 2.77. The normalized spacial score (nSPS) is 10.4. The molecule has 0 saturated heterocycles. The van der Waals surface area contributed by atoms with E-state index in [9.17, 15) is 4.79 Å². The van der Waals surface area contributed by atoms with Gasteiger partial charge in [-0.15, -0.1) is 0 Å². The number of aromatic nitrogens is 2. The molecule has 1 aromatic heterocycles. The molecule has 0 aliphatic carbocycles. The number of hydrogen-bond acceptors (Lipinski definition) is 3. The molecule has 2 N–H and O–H groups in total. The second-order valence-corrected chi connectivity index (χ2v) is 4.43. The Hall–Kier alpha value is -2.01. The quantitative estimate of drug-likeness (QED) is 0.843. The SMILES string of the molecule is CN(C(=O)c1cn(C)cn1)c1cc(Cl)ccc1N. The van der Waals surface area contributed by atoms with Gasteiger partial charge >= 0.3 is 0 Å². The first kappa shape index (κ1) is 12.4. The molecule has 2 aromatic rings. The molecule has 6 heteroatoms. The smallest absolute Gasteiger partial charge is 0.278 e. The van der Waals surface area contributed by atoms with E-state index in [0.717, 1.165) is 0 Å². The number of nitrogens with zero attached hydrogens (tertiary/aromatic N) is 3. The minimum Gasteiger partial charge on any atom is -0.397 e. The van der Waals surface area contributed by atoms with Gasteiger partial charge in [-0.3, -0.25) is 4.79 Å². The van der Waals surface area contributed by atoms with Crippen LogP contribution in [0, 0.1) is 0 Å². The van der Waals surface area contributed by atoms with Crippen LogP contribution in [-0.4, -0.2) is 22.5 Å². The molecule has 0 spiro atoms. The number of benzene rings is 1. The molecule has 0 radical (unpaired) electrons. The summed E-state index contributed by atoms with van der Waals surface area (Å²) in [6.45, 7) is 0. The molecule has 2 rings (SSSR count). The lowest BCUT2D eigenvalue weighted by atomic mass is 10.2. The summed E-state index contributed by atoms with van der Waals surface area (Å²) in [6, 6.07) is 5.00. The van der Waals surface area contributed by atoms with Gasteiger partial charge in [0.25, 0.3) is 5.91 Å². The first-order chi connectivity index (χ1) is 8.49. The van der Waals surface area contributed by atoms with Crippen molar-refractivity contribution in [3.8, 4) is 0 Å². The number of aryl methyl sites for hydroxylation is 1. The zero-order valence-electron chi connectivity index (χ0n) is 10.1. The molecular weight excluding hydrogens is 252 g/mol. The molecule has 5 nitrogen and oxygen atoms in total. The van der Waals surface area contributed by atoms with Crippen LogP contribution in [0.5, 0.6) is 0 Å². The highest BCUT2D eigenvalue weighted by molar-refractivity contribution is 6.31. The van der Waals surface area contributed by atoms with Crippen LogP contribution in [0.3, 0.4) is 0 Å². The fraction of sp³-hybridized carbons (Fsp3) is 0.167. The zero-order chi connectivity index (χ0) is 13.3. The standard InChI is InChI=1S/C12H13ClN4O/c1-16-6-10(15-7-16)12(18)17(2)11-5-8(13)3-4-9(11)14/h3-7H,14H2,1-2H3. The van der Waals surface area contributed by atoms with E-state index < -0.39 is 0 Å². The summed E-state index contributed by atoms with van der Waals surface area (Å²) in [5, 5.41) is 0.528. The maximum atomic E-state index is 12.2. The predicted molar refractivity (Wildman–Crippen MR) is 71.8 cm³/mol. The van der Waals surface area contributed by atoms with E-state index in [4.69, 9.17) is 17.3 Å². The fourth-order valence-corrected chi connectivity index (χ4v) is 1.78. The second-order valence-electron chi connectivity index (χ2n) is 3.99. The first-order valence-electron chi connectivity index (χ1n) is 5.30. The average molecular weight is 265 g/mol. The number of nitrogens with two attached hydrogens (primary N) is 1. The van der Waals surface area contributed by atoms with Crippen LogP contribution >= 0.6 is 11.6 Å². The van der Waals surface area contributed by atoms with Crippen LogP contribution in [0.15, 0.2) is 30.7 Å². The minimum absolute atomic E-state index is 0.232. The Kier molecular flexibility index (Phi) is 3.25. The van der Waals surface area contributed by atoms with Gasteiger partial charge in [0.1, 0.15) is 5.69 Å². The number of halogens is 1. The largest absolute Gasteiger partial charge is 0.397 e. The van der Waals surface area contributed by atoms with Gasteiger partial charge in [-0.05, 0) is 18.2 Å².